The van der Waals surface area contributed by atoms with E-state index in [1.165, 1.54) is 4.88 Å². The first-order valence-corrected chi connectivity index (χ1v) is 6.10. The smallest absolute Gasteiger partial charge is 0.129 e. The van der Waals surface area contributed by atoms with Crippen molar-refractivity contribution in [1.82, 2.24) is 0 Å². The molecule has 2 N–H and O–H groups in total. The number of aliphatic hydroxyl groups excluding tert-OH is 1. The van der Waals surface area contributed by atoms with E-state index in [9.17, 15) is 5.11 Å². The first-order valence-electron chi connectivity index (χ1n) is 4.16. The largest absolute Gasteiger partial charge is 0.507 e. The molecular formula is C10H9BrO2S. The highest BCUT2D eigenvalue weighted by Crippen LogP contribution is 2.35. The van der Waals surface area contributed by atoms with Crippen molar-refractivity contribution in [3.8, 4) is 5.75 Å². The predicted octanol–water partition coefficient (Wildman–Crippen LogP) is 2.99. The van der Waals surface area contributed by atoms with Crippen molar-refractivity contribution >= 4 is 37.4 Å². The van der Waals surface area contributed by atoms with Crippen LogP contribution in [0, 0.1) is 0 Å². The zero-order chi connectivity index (χ0) is 10.1. The number of aromatic hydroxyl groups is 1. The van der Waals surface area contributed by atoms with Crippen LogP contribution in [0.1, 0.15) is 10.4 Å². The van der Waals surface area contributed by atoms with Gasteiger partial charge in [0.05, 0.1) is 6.61 Å². The third-order valence-corrected chi connectivity index (χ3v) is 4.18. The van der Waals surface area contributed by atoms with Gasteiger partial charge in [-0.05, 0) is 12.1 Å². The summed E-state index contributed by atoms with van der Waals surface area (Å²) in [7, 11) is 0. The Morgan fingerprint density at radius 3 is 2.79 bits per heavy atom. The maximum absolute atomic E-state index is 9.79. The standard InChI is InChI=1S/C10H9BrO2S/c11-4-7-3-8-9(14-7)2-1-6(5-12)10(8)13/h1-3,12-13H,4-5H2. The molecule has 0 amide bonds. The molecule has 2 rings (SSSR count). The van der Waals surface area contributed by atoms with Crippen molar-refractivity contribution in [1.29, 1.82) is 0 Å². The van der Waals surface area contributed by atoms with E-state index in [1.54, 1.807) is 17.4 Å². The lowest BCUT2D eigenvalue weighted by Gasteiger charge is -2.00. The van der Waals surface area contributed by atoms with Gasteiger partial charge in [-0.15, -0.1) is 11.3 Å². The third kappa shape index (κ3) is 1.54. The fourth-order valence-electron chi connectivity index (χ4n) is 1.39. The highest BCUT2D eigenvalue weighted by Gasteiger charge is 2.08. The Kier molecular flexibility index (Phi) is 2.76. The number of rotatable bonds is 2. The van der Waals surface area contributed by atoms with Crippen molar-refractivity contribution in [2.75, 3.05) is 0 Å². The Bertz CT molecular complexity index is 464. The first-order chi connectivity index (χ1) is 6.76. The van der Waals surface area contributed by atoms with Crippen molar-refractivity contribution < 1.29 is 10.2 Å². The van der Waals surface area contributed by atoms with Crippen molar-refractivity contribution in [3.63, 3.8) is 0 Å². The van der Waals surface area contributed by atoms with Gasteiger partial charge in [0.25, 0.3) is 0 Å². The summed E-state index contributed by atoms with van der Waals surface area (Å²) < 4.78 is 1.05. The van der Waals surface area contributed by atoms with E-state index in [0.717, 1.165) is 15.4 Å². The molecule has 2 aromatic rings. The Morgan fingerprint density at radius 1 is 1.36 bits per heavy atom. The van der Waals surface area contributed by atoms with Gasteiger partial charge >= 0.3 is 0 Å². The molecule has 0 unspecified atom stereocenters. The molecule has 4 heteroatoms. The SMILES string of the molecule is OCc1ccc2sc(CBr)cc2c1O. The van der Waals surface area contributed by atoms with Crippen LogP contribution in [0.5, 0.6) is 5.75 Å². The van der Waals surface area contributed by atoms with E-state index in [1.807, 2.05) is 12.1 Å². The lowest BCUT2D eigenvalue weighted by molar-refractivity contribution is 0.276. The van der Waals surface area contributed by atoms with E-state index in [2.05, 4.69) is 15.9 Å². The van der Waals surface area contributed by atoms with E-state index < -0.39 is 0 Å². The molecule has 14 heavy (non-hydrogen) atoms. The van der Waals surface area contributed by atoms with Crippen molar-refractivity contribution in [2.24, 2.45) is 0 Å². The minimum atomic E-state index is -0.124. The molecule has 0 saturated heterocycles. The molecule has 1 aromatic heterocycles. The van der Waals surface area contributed by atoms with Crippen molar-refractivity contribution in [3.05, 3.63) is 28.6 Å². The number of fused-ring (bicyclic) bond motifs is 1. The lowest BCUT2D eigenvalue weighted by Crippen LogP contribution is -1.82. The highest BCUT2D eigenvalue weighted by atomic mass is 79.9. The van der Waals surface area contributed by atoms with Gasteiger partial charge in [0.15, 0.2) is 0 Å². The zero-order valence-electron chi connectivity index (χ0n) is 7.33. The lowest BCUT2D eigenvalue weighted by atomic mass is 10.1. The van der Waals surface area contributed by atoms with Crippen molar-refractivity contribution in [2.45, 2.75) is 11.9 Å². The van der Waals surface area contributed by atoms with Gasteiger partial charge < -0.3 is 10.2 Å². The van der Waals surface area contributed by atoms with Crippen LogP contribution >= 0.6 is 27.3 Å². The zero-order valence-corrected chi connectivity index (χ0v) is 9.73. The quantitative estimate of drug-likeness (QED) is 0.826. The van der Waals surface area contributed by atoms with Gasteiger partial charge in [0.2, 0.25) is 0 Å². The van der Waals surface area contributed by atoms with E-state index in [0.29, 0.717) is 5.56 Å². The van der Waals surface area contributed by atoms with Gasteiger partial charge in [0.1, 0.15) is 5.75 Å². The summed E-state index contributed by atoms with van der Waals surface area (Å²) in [4.78, 5) is 1.17. The average Bonchev–Trinajstić information content (AvgIpc) is 2.62. The van der Waals surface area contributed by atoms with Gasteiger partial charge in [-0.25, -0.2) is 0 Å². The molecule has 0 radical (unpaired) electrons. The molecule has 2 nitrogen and oxygen atoms in total. The summed E-state index contributed by atoms with van der Waals surface area (Å²) in [6, 6.07) is 5.63. The van der Waals surface area contributed by atoms with Crippen LogP contribution in [0.2, 0.25) is 0 Å². The Hall–Kier alpha value is -0.580. The Balaban J connectivity index is 2.68. The molecule has 0 aliphatic heterocycles. The van der Waals surface area contributed by atoms with Crippen LogP contribution in [0.3, 0.4) is 0 Å². The molecule has 0 aliphatic rings. The summed E-state index contributed by atoms with van der Waals surface area (Å²) in [5.74, 6) is 0.202. The monoisotopic (exact) mass is 272 g/mol. The number of thiophene rings is 1. The van der Waals surface area contributed by atoms with Crippen LogP contribution in [0.15, 0.2) is 18.2 Å². The summed E-state index contributed by atoms with van der Waals surface area (Å²) in [5.41, 5.74) is 0.580. The normalized spacial score (nSPS) is 11.0. The molecule has 0 bridgehead atoms. The fraction of sp³-hybridized carbons (Fsp3) is 0.200. The molecule has 74 valence electrons. The summed E-state index contributed by atoms with van der Waals surface area (Å²) >= 11 is 5.02. The van der Waals surface area contributed by atoms with Crippen LogP contribution in [-0.2, 0) is 11.9 Å². The number of phenols is 1. The summed E-state index contributed by atoms with van der Waals surface area (Å²) in [6.45, 7) is -0.124. The number of halogens is 1. The fourth-order valence-corrected chi connectivity index (χ4v) is 2.81. The Labute approximate surface area is 93.9 Å². The molecule has 1 heterocycles. The molecule has 0 spiro atoms. The second-order valence-electron chi connectivity index (χ2n) is 2.99. The van der Waals surface area contributed by atoms with Crippen LogP contribution in [-0.4, -0.2) is 10.2 Å². The maximum atomic E-state index is 9.79. The number of aliphatic hydroxyl groups is 1. The first kappa shape index (κ1) is 9.96. The minimum Gasteiger partial charge on any atom is -0.507 e. The van der Waals surface area contributed by atoms with E-state index in [4.69, 9.17) is 5.11 Å². The number of hydrogen-bond donors (Lipinski definition) is 2. The van der Waals surface area contributed by atoms with Gasteiger partial charge in [-0.3, -0.25) is 0 Å². The highest BCUT2D eigenvalue weighted by molar-refractivity contribution is 9.08. The molecule has 1 aromatic carbocycles. The predicted molar refractivity (Wildman–Crippen MR) is 62.0 cm³/mol. The number of hydrogen-bond acceptors (Lipinski definition) is 3. The number of alkyl halides is 1. The van der Waals surface area contributed by atoms with E-state index >= 15 is 0 Å². The van der Waals surface area contributed by atoms with Gasteiger partial charge in [-0.2, -0.15) is 0 Å². The second kappa shape index (κ2) is 3.88. The summed E-state index contributed by atoms with van der Waals surface area (Å²) in [5, 5.41) is 20.4. The molecule has 0 saturated carbocycles. The summed E-state index contributed by atoms with van der Waals surface area (Å²) in [6.07, 6.45) is 0. The average molecular weight is 273 g/mol. The molecule has 0 aliphatic carbocycles. The minimum absolute atomic E-state index is 0.124. The van der Waals surface area contributed by atoms with Gasteiger partial charge in [0, 0.05) is 25.9 Å². The van der Waals surface area contributed by atoms with Crippen LogP contribution in [0.25, 0.3) is 10.1 Å². The third-order valence-electron chi connectivity index (χ3n) is 2.11. The molecule has 0 fully saturated rings. The van der Waals surface area contributed by atoms with Crippen LogP contribution in [0.4, 0.5) is 0 Å². The van der Waals surface area contributed by atoms with E-state index in [-0.39, 0.29) is 12.4 Å². The molecule has 0 atom stereocenters. The molecular weight excluding hydrogens is 264 g/mol. The Morgan fingerprint density at radius 2 is 2.14 bits per heavy atom. The van der Waals surface area contributed by atoms with Gasteiger partial charge in [-0.1, -0.05) is 22.0 Å². The van der Waals surface area contributed by atoms with Crippen LogP contribution < -0.4 is 0 Å². The second-order valence-corrected chi connectivity index (χ2v) is 4.72. The topological polar surface area (TPSA) is 40.5 Å². The maximum Gasteiger partial charge on any atom is 0.129 e. The number of benzene rings is 1.